The van der Waals surface area contributed by atoms with E-state index in [2.05, 4.69) is 16.7 Å². The second-order valence-corrected chi connectivity index (χ2v) is 8.87. The van der Waals surface area contributed by atoms with Gasteiger partial charge >= 0.3 is 0 Å². The van der Waals surface area contributed by atoms with Crippen LogP contribution in [-0.2, 0) is 0 Å². The van der Waals surface area contributed by atoms with Gasteiger partial charge in [0.05, 0.1) is 5.56 Å². The molecule has 0 N–H and O–H groups in total. The highest BCUT2D eigenvalue weighted by Gasteiger charge is 2.29. The molecule has 1 aromatic carbocycles. The van der Waals surface area contributed by atoms with Gasteiger partial charge in [0.1, 0.15) is 11.9 Å². The summed E-state index contributed by atoms with van der Waals surface area (Å²) in [5.41, 5.74) is 0.740. The van der Waals surface area contributed by atoms with Gasteiger partial charge in [-0.3, -0.25) is 9.69 Å². The van der Waals surface area contributed by atoms with Crippen molar-refractivity contribution >= 4 is 17.7 Å². The number of benzene rings is 1. The fraction of sp³-hybridized carbons (Fsp3) is 0.667. The van der Waals surface area contributed by atoms with E-state index in [0.717, 1.165) is 69.2 Å². The maximum Gasteiger partial charge on any atom is 0.257 e. The highest BCUT2D eigenvalue weighted by Crippen LogP contribution is 2.28. The molecule has 4 nitrogen and oxygen atoms in total. The molecular weight excluding hydrogens is 344 g/mol. The Balaban J connectivity index is 1.37. The zero-order chi connectivity index (χ0) is 17.8. The number of amides is 1. The van der Waals surface area contributed by atoms with Gasteiger partial charge in [-0.2, -0.15) is 11.8 Å². The van der Waals surface area contributed by atoms with E-state index >= 15 is 0 Å². The number of carbonyl (C=O) groups is 1. The van der Waals surface area contributed by atoms with Crippen molar-refractivity contribution in [1.29, 1.82) is 0 Å². The van der Waals surface area contributed by atoms with Gasteiger partial charge in [0.15, 0.2) is 0 Å². The molecule has 3 saturated heterocycles. The second kappa shape index (κ2) is 8.66. The van der Waals surface area contributed by atoms with Crippen molar-refractivity contribution in [2.75, 3.05) is 37.7 Å². The monoisotopic (exact) mass is 374 g/mol. The van der Waals surface area contributed by atoms with Crippen molar-refractivity contribution in [3.05, 3.63) is 29.8 Å². The van der Waals surface area contributed by atoms with Crippen molar-refractivity contribution in [2.24, 2.45) is 0 Å². The van der Waals surface area contributed by atoms with Crippen LogP contribution in [0.5, 0.6) is 5.75 Å². The minimum atomic E-state index is 0.140. The van der Waals surface area contributed by atoms with Gasteiger partial charge in [0.2, 0.25) is 0 Å². The van der Waals surface area contributed by atoms with Gasteiger partial charge in [-0.25, -0.2) is 0 Å². The highest BCUT2D eigenvalue weighted by molar-refractivity contribution is 7.99. The number of nitrogens with zero attached hydrogens (tertiary/aromatic N) is 2. The molecule has 0 aromatic heterocycles. The molecule has 0 bridgehead atoms. The fourth-order valence-electron chi connectivity index (χ4n) is 4.36. The topological polar surface area (TPSA) is 32.8 Å². The van der Waals surface area contributed by atoms with Crippen molar-refractivity contribution in [3.63, 3.8) is 0 Å². The standard InChI is InChI=1S/C21H30N2O2S/c24-21(23-11-4-1-5-12-23)19-6-2-3-7-20(19)25-18-8-13-22(14-9-18)17-10-15-26-16-17/h2-3,6-7,17-18H,1,4-5,8-16H2. The van der Waals surface area contributed by atoms with Crippen molar-refractivity contribution in [1.82, 2.24) is 9.80 Å². The van der Waals surface area contributed by atoms with Gasteiger partial charge in [-0.1, -0.05) is 12.1 Å². The number of piperidine rings is 2. The summed E-state index contributed by atoms with van der Waals surface area (Å²) in [6, 6.07) is 8.60. The van der Waals surface area contributed by atoms with E-state index in [0.29, 0.717) is 0 Å². The van der Waals surface area contributed by atoms with Crippen LogP contribution in [0.25, 0.3) is 0 Å². The Morgan fingerprint density at radius 1 is 1.00 bits per heavy atom. The summed E-state index contributed by atoms with van der Waals surface area (Å²) in [5, 5.41) is 0. The minimum Gasteiger partial charge on any atom is -0.489 e. The van der Waals surface area contributed by atoms with Crippen LogP contribution in [0, 0.1) is 0 Å². The molecule has 3 aliphatic heterocycles. The first kappa shape index (κ1) is 18.2. The van der Waals surface area contributed by atoms with Gasteiger partial charge in [-0.15, -0.1) is 0 Å². The molecule has 1 unspecified atom stereocenters. The molecule has 1 aromatic rings. The Labute approximate surface area is 161 Å². The molecule has 1 atom stereocenters. The van der Waals surface area contributed by atoms with Crippen LogP contribution in [0.1, 0.15) is 48.9 Å². The van der Waals surface area contributed by atoms with Gasteiger partial charge in [-0.05, 0) is 56.4 Å². The third-order valence-electron chi connectivity index (χ3n) is 5.95. The first-order valence-electron chi connectivity index (χ1n) is 10.2. The first-order valence-corrected chi connectivity index (χ1v) is 11.3. The van der Waals surface area contributed by atoms with E-state index < -0.39 is 0 Å². The molecule has 0 saturated carbocycles. The Hall–Kier alpha value is -1.20. The predicted molar refractivity (Wildman–Crippen MR) is 107 cm³/mol. The number of likely N-dealkylation sites (tertiary alicyclic amines) is 2. The molecule has 26 heavy (non-hydrogen) atoms. The minimum absolute atomic E-state index is 0.140. The zero-order valence-corrected chi connectivity index (χ0v) is 16.4. The highest BCUT2D eigenvalue weighted by atomic mass is 32.2. The van der Waals surface area contributed by atoms with Gasteiger partial charge in [0, 0.05) is 38.0 Å². The SMILES string of the molecule is O=C(c1ccccc1OC1CCN(C2CCSC2)CC1)N1CCCCC1. The molecule has 3 heterocycles. The molecule has 0 spiro atoms. The lowest BCUT2D eigenvalue weighted by molar-refractivity contribution is 0.0687. The van der Waals surface area contributed by atoms with E-state index in [1.54, 1.807) is 0 Å². The van der Waals surface area contributed by atoms with E-state index in [1.807, 2.05) is 29.2 Å². The number of carbonyl (C=O) groups excluding carboxylic acids is 1. The number of hydrogen-bond donors (Lipinski definition) is 0. The maximum atomic E-state index is 12.9. The second-order valence-electron chi connectivity index (χ2n) is 7.72. The lowest BCUT2D eigenvalue weighted by Crippen LogP contribution is -2.44. The Morgan fingerprint density at radius 3 is 2.50 bits per heavy atom. The lowest BCUT2D eigenvalue weighted by Gasteiger charge is -2.36. The number of rotatable bonds is 4. The van der Waals surface area contributed by atoms with Gasteiger partial charge in [0.25, 0.3) is 5.91 Å². The molecule has 0 aliphatic carbocycles. The van der Waals surface area contributed by atoms with Crippen LogP contribution in [0.3, 0.4) is 0 Å². The number of hydrogen-bond acceptors (Lipinski definition) is 4. The molecule has 1 amide bonds. The summed E-state index contributed by atoms with van der Waals surface area (Å²) in [5.74, 6) is 3.52. The normalized spacial score (nSPS) is 25.4. The van der Waals surface area contributed by atoms with Crippen LogP contribution >= 0.6 is 11.8 Å². The van der Waals surface area contributed by atoms with E-state index in [9.17, 15) is 4.79 Å². The van der Waals surface area contributed by atoms with E-state index in [-0.39, 0.29) is 12.0 Å². The number of para-hydroxylation sites is 1. The molecule has 3 aliphatic rings. The Morgan fingerprint density at radius 2 is 1.77 bits per heavy atom. The molecule has 4 rings (SSSR count). The fourth-order valence-corrected chi connectivity index (χ4v) is 5.62. The molecule has 142 valence electrons. The van der Waals surface area contributed by atoms with E-state index in [1.165, 1.54) is 24.3 Å². The van der Waals surface area contributed by atoms with Crippen LogP contribution in [0.2, 0.25) is 0 Å². The Bertz CT molecular complexity index is 604. The largest absolute Gasteiger partial charge is 0.489 e. The van der Waals surface area contributed by atoms with Crippen LogP contribution in [-0.4, -0.2) is 65.5 Å². The number of thioether (sulfide) groups is 1. The molecular formula is C21H30N2O2S. The quantitative estimate of drug-likeness (QED) is 0.805. The summed E-state index contributed by atoms with van der Waals surface area (Å²) in [4.78, 5) is 17.6. The van der Waals surface area contributed by atoms with Crippen LogP contribution in [0.15, 0.2) is 24.3 Å². The third kappa shape index (κ3) is 4.20. The Kier molecular flexibility index (Phi) is 6.05. The predicted octanol–water partition coefficient (Wildman–Crippen LogP) is 3.66. The summed E-state index contributed by atoms with van der Waals surface area (Å²) in [7, 11) is 0. The van der Waals surface area contributed by atoms with Crippen molar-refractivity contribution in [3.8, 4) is 5.75 Å². The lowest BCUT2D eigenvalue weighted by atomic mass is 10.0. The molecule has 3 fully saturated rings. The molecule has 5 heteroatoms. The first-order chi connectivity index (χ1) is 12.8. The third-order valence-corrected chi connectivity index (χ3v) is 7.10. The molecule has 0 radical (unpaired) electrons. The maximum absolute atomic E-state index is 12.9. The summed E-state index contributed by atoms with van der Waals surface area (Å²) < 4.78 is 6.33. The number of ether oxygens (including phenoxy) is 1. The average molecular weight is 375 g/mol. The summed E-state index contributed by atoms with van der Waals surface area (Å²) >= 11 is 2.08. The van der Waals surface area contributed by atoms with Gasteiger partial charge < -0.3 is 9.64 Å². The summed E-state index contributed by atoms with van der Waals surface area (Å²) in [6.07, 6.45) is 7.17. The zero-order valence-electron chi connectivity index (χ0n) is 15.6. The van der Waals surface area contributed by atoms with Crippen LogP contribution < -0.4 is 4.74 Å². The van der Waals surface area contributed by atoms with Crippen molar-refractivity contribution < 1.29 is 9.53 Å². The smallest absolute Gasteiger partial charge is 0.257 e. The average Bonchev–Trinajstić information content (AvgIpc) is 3.24. The van der Waals surface area contributed by atoms with Crippen LogP contribution in [0.4, 0.5) is 0 Å². The summed E-state index contributed by atoms with van der Waals surface area (Å²) in [6.45, 7) is 4.01. The van der Waals surface area contributed by atoms with E-state index in [4.69, 9.17) is 4.74 Å². The van der Waals surface area contributed by atoms with Crippen molar-refractivity contribution in [2.45, 2.75) is 50.7 Å².